The summed E-state index contributed by atoms with van der Waals surface area (Å²) in [5.41, 5.74) is 5.47. The molecule has 1 heterocycles. The third kappa shape index (κ3) is 3.67. The number of carbonyl (C=O) groups is 1. The molecule has 1 aromatic heterocycles. The number of amides is 1. The molecule has 0 saturated heterocycles. The van der Waals surface area contributed by atoms with E-state index in [1.165, 1.54) is 4.68 Å². The zero-order chi connectivity index (χ0) is 21.1. The van der Waals surface area contributed by atoms with Gasteiger partial charge in [-0.05, 0) is 44.2 Å². The van der Waals surface area contributed by atoms with Crippen LogP contribution in [0.5, 0.6) is 0 Å². The summed E-state index contributed by atoms with van der Waals surface area (Å²) in [5.74, 6) is -0.377. The van der Waals surface area contributed by atoms with Gasteiger partial charge in [-0.25, -0.2) is 0 Å². The Kier molecular flexibility index (Phi) is 5.30. The van der Waals surface area contributed by atoms with Crippen LogP contribution in [-0.4, -0.2) is 22.2 Å². The predicted molar refractivity (Wildman–Crippen MR) is 119 cm³/mol. The highest BCUT2D eigenvalue weighted by Crippen LogP contribution is 2.17. The Labute approximate surface area is 174 Å². The average molecular weight is 398 g/mol. The highest BCUT2D eigenvalue weighted by molar-refractivity contribution is 6.05. The molecule has 0 aliphatic heterocycles. The summed E-state index contributed by atoms with van der Waals surface area (Å²) in [5, 5.41) is 7.16. The number of nitrogens with one attached hydrogen (secondary N) is 1. The molecule has 4 aromatic rings. The molecule has 1 amide bonds. The van der Waals surface area contributed by atoms with Gasteiger partial charge >= 0.3 is 0 Å². The van der Waals surface area contributed by atoms with Crippen LogP contribution in [0.15, 0.2) is 83.7 Å². The van der Waals surface area contributed by atoms with Gasteiger partial charge in [0.1, 0.15) is 0 Å². The van der Waals surface area contributed by atoms with E-state index in [0.717, 1.165) is 11.3 Å². The number of hydrogen-bond acceptors (Lipinski definition) is 4. The van der Waals surface area contributed by atoms with Gasteiger partial charge in [-0.2, -0.15) is 9.78 Å². The number of nitrogens with zero attached hydrogens (tertiary/aromatic N) is 3. The number of rotatable bonds is 5. The lowest BCUT2D eigenvalue weighted by Crippen LogP contribution is -2.43. The van der Waals surface area contributed by atoms with Crippen molar-refractivity contribution in [3.8, 4) is 5.69 Å². The second-order valence-corrected chi connectivity index (χ2v) is 6.97. The molecule has 0 aliphatic carbocycles. The molecular weight excluding hydrogens is 376 g/mol. The number of aromatic nitrogens is 2. The molecule has 3 aromatic carbocycles. The molecule has 0 spiro atoms. The van der Waals surface area contributed by atoms with Crippen molar-refractivity contribution in [1.82, 2.24) is 15.2 Å². The zero-order valence-corrected chi connectivity index (χ0v) is 16.9. The van der Waals surface area contributed by atoms with Crippen LogP contribution in [0.3, 0.4) is 0 Å². The number of aryl methyl sites for hydroxylation is 1. The first kappa shape index (κ1) is 19.4. The van der Waals surface area contributed by atoms with E-state index in [4.69, 9.17) is 0 Å². The molecule has 0 aliphatic rings. The van der Waals surface area contributed by atoms with E-state index in [1.807, 2.05) is 56.3 Å². The van der Waals surface area contributed by atoms with Crippen molar-refractivity contribution in [1.29, 1.82) is 0 Å². The second-order valence-electron chi connectivity index (χ2n) is 6.97. The molecule has 1 N–H and O–H groups in total. The minimum absolute atomic E-state index is 0.194. The van der Waals surface area contributed by atoms with E-state index in [-0.39, 0.29) is 17.2 Å². The topological polar surface area (TPSA) is 67.2 Å². The van der Waals surface area contributed by atoms with Crippen LogP contribution in [0.1, 0.15) is 23.0 Å². The first-order chi connectivity index (χ1) is 14.6. The van der Waals surface area contributed by atoms with Gasteiger partial charge in [-0.1, -0.05) is 54.1 Å². The van der Waals surface area contributed by atoms with Crippen molar-refractivity contribution < 1.29 is 4.79 Å². The summed E-state index contributed by atoms with van der Waals surface area (Å²) in [4.78, 5) is 26.2. The maximum atomic E-state index is 13.2. The number of hydrazine groups is 1. The van der Waals surface area contributed by atoms with Gasteiger partial charge in [-0.15, -0.1) is 0 Å². The lowest BCUT2D eigenvalue weighted by molar-refractivity contribution is 0.0944. The molecule has 0 fully saturated rings. The third-order valence-corrected chi connectivity index (χ3v) is 4.92. The Morgan fingerprint density at radius 1 is 0.933 bits per heavy atom. The van der Waals surface area contributed by atoms with Crippen molar-refractivity contribution in [3.05, 3.63) is 100 Å². The van der Waals surface area contributed by atoms with Crippen molar-refractivity contribution in [2.24, 2.45) is 0 Å². The van der Waals surface area contributed by atoms with Crippen LogP contribution < -0.4 is 16.0 Å². The minimum atomic E-state index is -0.377. The summed E-state index contributed by atoms with van der Waals surface area (Å²) < 4.78 is 1.28. The van der Waals surface area contributed by atoms with Crippen LogP contribution in [0.4, 0.5) is 5.69 Å². The van der Waals surface area contributed by atoms with Crippen LogP contribution in [0.25, 0.3) is 16.5 Å². The number of anilines is 1. The molecule has 6 nitrogen and oxygen atoms in total. The van der Waals surface area contributed by atoms with Crippen molar-refractivity contribution >= 4 is 22.4 Å². The number of carbonyl (C=O) groups excluding carboxylic acids is 1. The molecule has 4 rings (SSSR count). The van der Waals surface area contributed by atoms with Gasteiger partial charge in [0.2, 0.25) is 0 Å². The average Bonchev–Trinajstić information content (AvgIpc) is 2.79. The van der Waals surface area contributed by atoms with Gasteiger partial charge in [0, 0.05) is 11.9 Å². The third-order valence-electron chi connectivity index (χ3n) is 4.92. The number of benzene rings is 3. The predicted octanol–water partition coefficient (Wildman–Crippen LogP) is 3.87. The maximum Gasteiger partial charge on any atom is 0.290 e. The molecule has 0 saturated carbocycles. The second kappa shape index (κ2) is 8.21. The zero-order valence-electron chi connectivity index (χ0n) is 16.9. The molecule has 0 bridgehead atoms. The van der Waals surface area contributed by atoms with Crippen LogP contribution in [0.2, 0.25) is 0 Å². The Morgan fingerprint density at radius 3 is 2.23 bits per heavy atom. The van der Waals surface area contributed by atoms with E-state index >= 15 is 0 Å². The normalized spacial score (nSPS) is 10.7. The maximum absolute atomic E-state index is 13.2. The van der Waals surface area contributed by atoms with Gasteiger partial charge in [0.25, 0.3) is 11.5 Å². The lowest BCUT2D eigenvalue weighted by Gasteiger charge is -2.24. The number of hydrogen-bond donors (Lipinski definition) is 1. The molecule has 0 atom stereocenters. The summed E-state index contributed by atoms with van der Waals surface area (Å²) in [6.07, 6.45) is 0. The van der Waals surface area contributed by atoms with Crippen molar-refractivity contribution in [2.45, 2.75) is 13.8 Å². The highest BCUT2D eigenvalue weighted by atomic mass is 16.2. The van der Waals surface area contributed by atoms with E-state index in [0.29, 0.717) is 23.0 Å². The van der Waals surface area contributed by atoms with Gasteiger partial charge in [-0.3, -0.25) is 20.0 Å². The van der Waals surface area contributed by atoms with Crippen LogP contribution >= 0.6 is 0 Å². The monoisotopic (exact) mass is 398 g/mol. The minimum Gasteiger partial charge on any atom is -0.286 e. The van der Waals surface area contributed by atoms with E-state index in [1.54, 1.807) is 41.4 Å². The van der Waals surface area contributed by atoms with Crippen LogP contribution in [-0.2, 0) is 0 Å². The molecule has 30 heavy (non-hydrogen) atoms. The van der Waals surface area contributed by atoms with E-state index in [2.05, 4.69) is 10.5 Å². The van der Waals surface area contributed by atoms with Gasteiger partial charge < -0.3 is 0 Å². The fourth-order valence-electron chi connectivity index (χ4n) is 3.33. The SMILES string of the molecule is CCN(NC(=O)c1nn(-c2ccccc2)c(=O)c2ccccc12)c1ccc(C)cc1. The fourth-order valence-corrected chi connectivity index (χ4v) is 3.33. The standard InChI is InChI=1S/C24H22N4O2/c1-3-27(18-15-13-17(2)14-16-18)26-23(29)22-20-11-7-8-12-21(20)24(30)28(25-22)19-9-5-4-6-10-19/h4-16H,3H2,1-2H3,(H,26,29). The highest BCUT2D eigenvalue weighted by Gasteiger charge is 2.19. The van der Waals surface area contributed by atoms with E-state index < -0.39 is 0 Å². The van der Waals surface area contributed by atoms with Gasteiger partial charge in [0.05, 0.1) is 16.8 Å². The molecule has 0 unspecified atom stereocenters. The molecule has 0 radical (unpaired) electrons. The first-order valence-corrected chi connectivity index (χ1v) is 9.81. The molecule has 6 heteroatoms. The Morgan fingerprint density at radius 2 is 1.57 bits per heavy atom. The molecular formula is C24H22N4O2. The van der Waals surface area contributed by atoms with Crippen LogP contribution in [0, 0.1) is 6.92 Å². The summed E-state index contributed by atoms with van der Waals surface area (Å²) in [6.45, 7) is 4.54. The van der Waals surface area contributed by atoms with Crippen molar-refractivity contribution in [2.75, 3.05) is 11.6 Å². The largest absolute Gasteiger partial charge is 0.290 e. The molecule has 150 valence electrons. The van der Waals surface area contributed by atoms with Gasteiger partial charge in [0.15, 0.2) is 5.69 Å². The Hall–Kier alpha value is -3.93. The number of para-hydroxylation sites is 1. The summed E-state index contributed by atoms with van der Waals surface area (Å²) in [6, 6.07) is 24.0. The smallest absolute Gasteiger partial charge is 0.286 e. The number of fused-ring (bicyclic) bond motifs is 1. The Balaban J connectivity index is 1.79. The first-order valence-electron chi connectivity index (χ1n) is 9.81. The van der Waals surface area contributed by atoms with Crippen molar-refractivity contribution in [3.63, 3.8) is 0 Å². The summed E-state index contributed by atoms with van der Waals surface area (Å²) in [7, 11) is 0. The lowest BCUT2D eigenvalue weighted by atomic mass is 10.1. The quantitative estimate of drug-likeness (QED) is 0.518. The van der Waals surface area contributed by atoms with E-state index in [9.17, 15) is 9.59 Å². The fraction of sp³-hybridized carbons (Fsp3) is 0.125. The summed E-state index contributed by atoms with van der Waals surface area (Å²) >= 11 is 0. The Bertz CT molecular complexity index is 1250.